The molecule has 2 aromatic carbocycles. The summed E-state index contributed by atoms with van der Waals surface area (Å²) in [5.74, 6) is 0.954. The highest BCUT2D eigenvalue weighted by molar-refractivity contribution is 6.07. The van der Waals surface area contributed by atoms with Gasteiger partial charge in [-0.05, 0) is 48.4 Å². The molecular weight excluding hydrogens is 424 g/mol. The predicted molar refractivity (Wildman–Crippen MR) is 134 cm³/mol. The molecule has 172 valence electrons. The molecule has 0 aliphatic carbocycles. The fraction of sp³-hybridized carbons (Fsp3) is 0.250. The van der Waals surface area contributed by atoms with Crippen LogP contribution in [0.1, 0.15) is 15.9 Å². The summed E-state index contributed by atoms with van der Waals surface area (Å²) in [6.07, 6.45) is 4.49. The lowest BCUT2D eigenvalue weighted by atomic mass is 10.0. The number of rotatable bonds is 6. The molecule has 1 aliphatic rings. The summed E-state index contributed by atoms with van der Waals surface area (Å²) >= 11 is 0. The Morgan fingerprint density at radius 1 is 0.941 bits per heavy atom. The molecule has 2 aromatic heterocycles. The highest BCUT2D eigenvalue weighted by atomic mass is 16.5. The SMILES string of the molecule is COc1ccc(CCN2CCN(C(=O)c3cc(-c4ccncc4)nc4ccccc34)CC2)cc1. The first-order chi connectivity index (χ1) is 16.7. The molecule has 0 spiro atoms. The van der Waals surface area contributed by atoms with Crippen molar-refractivity contribution >= 4 is 16.8 Å². The number of para-hydroxylation sites is 1. The first-order valence-corrected chi connectivity index (χ1v) is 11.7. The molecule has 1 saturated heterocycles. The molecule has 0 saturated carbocycles. The van der Waals surface area contributed by atoms with Crippen molar-refractivity contribution in [2.75, 3.05) is 39.8 Å². The van der Waals surface area contributed by atoms with Gasteiger partial charge >= 0.3 is 0 Å². The number of pyridine rings is 2. The lowest BCUT2D eigenvalue weighted by Crippen LogP contribution is -2.49. The van der Waals surface area contributed by atoms with Crippen molar-refractivity contribution in [2.24, 2.45) is 0 Å². The number of aromatic nitrogens is 2. The van der Waals surface area contributed by atoms with Crippen LogP contribution in [0.5, 0.6) is 5.75 Å². The molecule has 0 radical (unpaired) electrons. The van der Waals surface area contributed by atoms with Gasteiger partial charge in [-0.1, -0.05) is 30.3 Å². The molecule has 5 rings (SSSR count). The Morgan fingerprint density at radius 3 is 2.41 bits per heavy atom. The number of amides is 1. The Morgan fingerprint density at radius 2 is 1.68 bits per heavy atom. The summed E-state index contributed by atoms with van der Waals surface area (Å²) in [6.45, 7) is 4.19. The highest BCUT2D eigenvalue weighted by Crippen LogP contribution is 2.26. The van der Waals surface area contributed by atoms with Gasteiger partial charge in [-0.3, -0.25) is 14.7 Å². The zero-order valence-corrected chi connectivity index (χ0v) is 19.4. The molecule has 0 N–H and O–H groups in total. The van der Waals surface area contributed by atoms with Crippen LogP contribution in [0.2, 0.25) is 0 Å². The van der Waals surface area contributed by atoms with E-state index in [2.05, 4.69) is 22.0 Å². The van der Waals surface area contributed by atoms with E-state index in [1.807, 2.05) is 59.5 Å². The monoisotopic (exact) mass is 452 g/mol. The molecule has 1 aliphatic heterocycles. The second kappa shape index (κ2) is 10.0. The van der Waals surface area contributed by atoms with E-state index in [0.717, 1.165) is 67.1 Å². The minimum absolute atomic E-state index is 0.0729. The number of carbonyl (C=O) groups is 1. The van der Waals surface area contributed by atoms with Gasteiger partial charge in [-0.2, -0.15) is 0 Å². The van der Waals surface area contributed by atoms with Gasteiger partial charge in [-0.25, -0.2) is 4.98 Å². The van der Waals surface area contributed by atoms with Crippen molar-refractivity contribution in [1.82, 2.24) is 19.8 Å². The van der Waals surface area contributed by atoms with E-state index in [1.165, 1.54) is 5.56 Å². The molecule has 1 amide bonds. The van der Waals surface area contributed by atoms with Crippen LogP contribution >= 0.6 is 0 Å². The van der Waals surface area contributed by atoms with Crippen molar-refractivity contribution in [3.05, 3.63) is 90.3 Å². The molecule has 6 heteroatoms. The number of benzene rings is 2. The minimum Gasteiger partial charge on any atom is -0.497 e. The number of piperazine rings is 1. The van der Waals surface area contributed by atoms with Gasteiger partial charge in [-0.15, -0.1) is 0 Å². The average Bonchev–Trinajstić information content (AvgIpc) is 2.92. The summed E-state index contributed by atoms with van der Waals surface area (Å²) in [5, 5.41) is 0.896. The maximum Gasteiger partial charge on any atom is 0.254 e. The van der Waals surface area contributed by atoms with Crippen LogP contribution in [-0.2, 0) is 6.42 Å². The van der Waals surface area contributed by atoms with E-state index < -0.39 is 0 Å². The molecule has 34 heavy (non-hydrogen) atoms. The smallest absolute Gasteiger partial charge is 0.254 e. The fourth-order valence-electron chi connectivity index (χ4n) is 4.45. The Kier molecular flexibility index (Phi) is 6.49. The van der Waals surface area contributed by atoms with Gasteiger partial charge in [0, 0.05) is 56.1 Å². The van der Waals surface area contributed by atoms with Crippen LogP contribution in [0.3, 0.4) is 0 Å². The second-order valence-electron chi connectivity index (χ2n) is 8.54. The lowest BCUT2D eigenvalue weighted by molar-refractivity contribution is 0.0640. The molecule has 1 fully saturated rings. The molecular formula is C28H28N4O2. The fourth-order valence-corrected chi connectivity index (χ4v) is 4.45. The van der Waals surface area contributed by atoms with Gasteiger partial charge in [0.15, 0.2) is 0 Å². The molecule has 0 atom stereocenters. The number of fused-ring (bicyclic) bond motifs is 1. The number of carbonyl (C=O) groups excluding carboxylic acids is 1. The van der Waals surface area contributed by atoms with Gasteiger partial charge in [0.05, 0.1) is 23.9 Å². The molecule has 6 nitrogen and oxygen atoms in total. The van der Waals surface area contributed by atoms with Gasteiger partial charge in [0.25, 0.3) is 5.91 Å². The third-order valence-electron chi connectivity index (χ3n) is 6.46. The van der Waals surface area contributed by atoms with Crippen LogP contribution < -0.4 is 4.74 Å². The third kappa shape index (κ3) is 4.77. The maximum absolute atomic E-state index is 13.6. The van der Waals surface area contributed by atoms with Crippen molar-refractivity contribution in [2.45, 2.75) is 6.42 Å². The van der Waals surface area contributed by atoms with Crippen molar-refractivity contribution in [1.29, 1.82) is 0 Å². The van der Waals surface area contributed by atoms with Crippen molar-refractivity contribution < 1.29 is 9.53 Å². The van der Waals surface area contributed by atoms with Gasteiger partial charge in [0.2, 0.25) is 0 Å². The standard InChI is InChI=1S/C28H28N4O2/c1-34-23-8-6-21(7-9-23)12-15-31-16-18-32(19-17-31)28(33)25-20-27(22-10-13-29-14-11-22)30-26-5-3-2-4-24(25)26/h2-11,13-14,20H,12,15-19H2,1H3. The third-order valence-corrected chi connectivity index (χ3v) is 6.46. The Labute approximate surface area is 199 Å². The van der Waals surface area contributed by atoms with E-state index >= 15 is 0 Å². The maximum atomic E-state index is 13.6. The summed E-state index contributed by atoms with van der Waals surface area (Å²) in [4.78, 5) is 26.9. The summed E-state index contributed by atoms with van der Waals surface area (Å²) in [7, 11) is 1.69. The first kappa shape index (κ1) is 22.0. The highest BCUT2D eigenvalue weighted by Gasteiger charge is 2.24. The number of hydrogen-bond donors (Lipinski definition) is 0. The van der Waals surface area contributed by atoms with Crippen LogP contribution in [0.4, 0.5) is 0 Å². The van der Waals surface area contributed by atoms with Crippen molar-refractivity contribution in [3.63, 3.8) is 0 Å². The lowest BCUT2D eigenvalue weighted by Gasteiger charge is -2.35. The van der Waals surface area contributed by atoms with Crippen LogP contribution in [0.15, 0.2) is 79.1 Å². The van der Waals surface area contributed by atoms with Gasteiger partial charge in [0.1, 0.15) is 5.75 Å². The predicted octanol–water partition coefficient (Wildman–Crippen LogP) is 4.31. The first-order valence-electron chi connectivity index (χ1n) is 11.7. The van der Waals surface area contributed by atoms with Gasteiger partial charge < -0.3 is 9.64 Å². The summed E-state index contributed by atoms with van der Waals surface area (Å²) in [5.41, 5.74) is 4.59. The minimum atomic E-state index is 0.0729. The molecule has 0 bridgehead atoms. The van der Waals surface area contributed by atoms with Crippen LogP contribution in [-0.4, -0.2) is 65.5 Å². The average molecular weight is 453 g/mol. The molecule has 4 aromatic rings. The molecule has 0 unspecified atom stereocenters. The van der Waals surface area contributed by atoms with E-state index in [1.54, 1.807) is 19.5 Å². The van der Waals surface area contributed by atoms with E-state index in [9.17, 15) is 4.79 Å². The summed E-state index contributed by atoms with van der Waals surface area (Å²) < 4.78 is 5.24. The van der Waals surface area contributed by atoms with Crippen LogP contribution in [0, 0.1) is 0 Å². The van der Waals surface area contributed by atoms with Crippen LogP contribution in [0.25, 0.3) is 22.2 Å². The van der Waals surface area contributed by atoms with Crippen molar-refractivity contribution in [3.8, 4) is 17.0 Å². The number of nitrogens with zero attached hydrogens (tertiary/aromatic N) is 4. The zero-order valence-electron chi connectivity index (χ0n) is 19.4. The topological polar surface area (TPSA) is 58.6 Å². The number of hydrogen-bond acceptors (Lipinski definition) is 5. The van der Waals surface area contributed by atoms with E-state index in [4.69, 9.17) is 9.72 Å². The largest absolute Gasteiger partial charge is 0.497 e. The second-order valence-corrected chi connectivity index (χ2v) is 8.54. The number of methoxy groups -OCH3 is 1. The summed E-state index contributed by atoms with van der Waals surface area (Å²) in [6, 6.07) is 21.9. The van der Waals surface area contributed by atoms with E-state index in [-0.39, 0.29) is 5.91 Å². The normalized spacial score (nSPS) is 14.3. The molecule has 3 heterocycles. The Bertz CT molecular complexity index is 1270. The quantitative estimate of drug-likeness (QED) is 0.436. The Hall–Kier alpha value is -3.77. The van der Waals surface area contributed by atoms with E-state index in [0.29, 0.717) is 5.56 Å². The number of ether oxygens (including phenoxy) is 1. The Balaban J connectivity index is 1.28. The zero-order chi connectivity index (χ0) is 23.3.